The number of nitrogens with one attached hydrogen (secondary N) is 1. The lowest BCUT2D eigenvalue weighted by atomic mass is 10.1. The van der Waals surface area contributed by atoms with E-state index >= 15 is 0 Å². The molecule has 0 bridgehead atoms. The third-order valence-electron chi connectivity index (χ3n) is 5.98. The van der Waals surface area contributed by atoms with E-state index in [-0.39, 0.29) is 17.6 Å². The highest BCUT2D eigenvalue weighted by Gasteiger charge is 2.38. The fourth-order valence-corrected chi connectivity index (χ4v) is 6.32. The zero-order chi connectivity index (χ0) is 25.7. The highest BCUT2D eigenvalue weighted by atomic mass is 79.9. The van der Waals surface area contributed by atoms with E-state index in [0.29, 0.717) is 35.7 Å². The largest absolute Gasteiger partial charge is 0.489 e. The standard InChI is InChI=1S/C28H31BrN2O4S/c1-31(2)18-22-17-24(10-14-27(22)36(33,34)25-11-12-25)30-28(32)15-8-21-16-23(29)9-13-26(21)35-19-20-6-4-3-5-7-20/h3-7,9-10,13-14,16-17,25H,8,11-12,15,18-19H2,1-2H3,(H,30,32). The summed E-state index contributed by atoms with van der Waals surface area (Å²) in [6.45, 7) is 0.928. The van der Waals surface area contributed by atoms with Crippen molar-refractivity contribution in [2.75, 3.05) is 19.4 Å². The molecule has 0 heterocycles. The van der Waals surface area contributed by atoms with Gasteiger partial charge in [0.25, 0.3) is 0 Å². The first-order chi connectivity index (χ1) is 17.2. The van der Waals surface area contributed by atoms with Gasteiger partial charge in [-0.25, -0.2) is 8.42 Å². The topological polar surface area (TPSA) is 75.7 Å². The van der Waals surface area contributed by atoms with Crippen molar-refractivity contribution in [2.45, 2.75) is 49.0 Å². The average Bonchev–Trinajstić information content (AvgIpc) is 3.69. The summed E-state index contributed by atoms with van der Waals surface area (Å²) in [6, 6.07) is 20.8. The molecule has 1 fully saturated rings. The third kappa shape index (κ3) is 6.96. The van der Waals surface area contributed by atoms with Gasteiger partial charge in [0.2, 0.25) is 5.91 Å². The Bertz CT molecular complexity index is 1320. The smallest absolute Gasteiger partial charge is 0.224 e. The van der Waals surface area contributed by atoms with E-state index in [4.69, 9.17) is 4.74 Å². The maximum absolute atomic E-state index is 12.9. The van der Waals surface area contributed by atoms with Crippen LogP contribution in [0.1, 0.15) is 36.0 Å². The molecule has 0 atom stereocenters. The molecule has 0 saturated heterocycles. The van der Waals surface area contributed by atoms with Crippen molar-refractivity contribution < 1.29 is 17.9 Å². The second-order valence-electron chi connectivity index (χ2n) is 9.38. The van der Waals surface area contributed by atoms with Gasteiger partial charge in [0, 0.05) is 23.1 Å². The maximum atomic E-state index is 12.9. The summed E-state index contributed by atoms with van der Waals surface area (Å²) >= 11 is 3.51. The SMILES string of the molecule is CN(C)Cc1cc(NC(=O)CCc2cc(Br)ccc2OCc2ccccc2)ccc1S(=O)(=O)C1CC1. The number of rotatable bonds is 11. The first kappa shape index (κ1) is 26.4. The Morgan fingerprint density at radius 3 is 2.47 bits per heavy atom. The molecule has 0 aliphatic heterocycles. The summed E-state index contributed by atoms with van der Waals surface area (Å²) in [5, 5.41) is 2.66. The quantitative estimate of drug-likeness (QED) is 0.325. The lowest BCUT2D eigenvalue weighted by molar-refractivity contribution is -0.116. The van der Waals surface area contributed by atoms with Gasteiger partial charge in [-0.2, -0.15) is 0 Å². The number of hydrogen-bond acceptors (Lipinski definition) is 5. The van der Waals surface area contributed by atoms with Crippen LogP contribution in [0.2, 0.25) is 0 Å². The molecule has 1 saturated carbocycles. The Hall–Kier alpha value is -2.68. The summed E-state index contributed by atoms with van der Waals surface area (Å²) in [5.74, 6) is 0.607. The Morgan fingerprint density at radius 1 is 1.03 bits per heavy atom. The zero-order valence-corrected chi connectivity index (χ0v) is 22.9. The fourth-order valence-electron chi connectivity index (χ4n) is 4.05. The second kappa shape index (κ2) is 11.6. The predicted molar refractivity (Wildman–Crippen MR) is 146 cm³/mol. The Morgan fingerprint density at radius 2 is 1.78 bits per heavy atom. The van der Waals surface area contributed by atoms with E-state index < -0.39 is 9.84 Å². The molecular weight excluding hydrogens is 540 g/mol. The number of ether oxygens (including phenoxy) is 1. The summed E-state index contributed by atoms with van der Waals surface area (Å²) in [4.78, 5) is 15.1. The highest BCUT2D eigenvalue weighted by Crippen LogP contribution is 2.36. The van der Waals surface area contributed by atoms with Gasteiger partial charge in [-0.3, -0.25) is 4.79 Å². The molecule has 4 rings (SSSR count). The molecule has 36 heavy (non-hydrogen) atoms. The number of anilines is 1. The first-order valence-corrected chi connectivity index (χ1v) is 14.3. The Labute approximate surface area is 221 Å². The summed E-state index contributed by atoms with van der Waals surface area (Å²) in [7, 11) is 0.468. The minimum atomic E-state index is -3.33. The minimum Gasteiger partial charge on any atom is -0.489 e. The zero-order valence-electron chi connectivity index (χ0n) is 20.5. The van der Waals surface area contributed by atoms with Crippen molar-refractivity contribution in [1.29, 1.82) is 0 Å². The van der Waals surface area contributed by atoms with Crippen LogP contribution in [0, 0.1) is 0 Å². The van der Waals surface area contributed by atoms with Crippen LogP contribution in [0.15, 0.2) is 76.1 Å². The molecule has 190 valence electrons. The molecule has 3 aromatic carbocycles. The number of nitrogens with zero attached hydrogens (tertiary/aromatic N) is 1. The van der Waals surface area contributed by atoms with Gasteiger partial charge in [-0.05, 0) is 86.4 Å². The Kier molecular flexibility index (Phi) is 8.49. The minimum absolute atomic E-state index is 0.141. The van der Waals surface area contributed by atoms with Crippen LogP contribution in [0.5, 0.6) is 5.75 Å². The number of sulfone groups is 1. The van der Waals surface area contributed by atoms with Gasteiger partial charge in [0.1, 0.15) is 12.4 Å². The van der Waals surface area contributed by atoms with E-state index in [1.165, 1.54) is 0 Å². The van der Waals surface area contributed by atoms with E-state index in [1.807, 2.05) is 67.5 Å². The second-order valence-corrected chi connectivity index (χ2v) is 12.5. The van der Waals surface area contributed by atoms with Crippen LogP contribution in [-0.2, 0) is 34.2 Å². The lowest BCUT2D eigenvalue weighted by Crippen LogP contribution is -2.18. The van der Waals surface area contributed by atoms with Crippen LogP contribution in [0.4, 0.5) is 5.69 Å². The van der Waals surface area contributed by atoms with Crippen molar-refractivity contribution >= 4 is 37.4 Å². The molecule has 1 N–H and O–H groups in total. The van der Waals surface area contributed by atoms with E-state index in [1.54, 1.807) is 18.2 Å². The normalized spacial score (nSPS) is 13.6. The van der Waals surface area contributed by atoms with Crippen LogP contribution in [0.3, 0.4) is 0 Å². The van der Waals surface area contributed by atoms with Gasteiger partial charge in [-0.15, -0.1) is 0 Å². The van der Waals surface area contributed by atoms with Crippen LogP contribution in [0.25, 0.3) is 0 Å². The number of benzene rings is 3. The van der Waals surface area contributed by atoms with Crippen molar-refractivity contribution in [3.05, 3.63) is 87.9 Å². The Balaban J connectivity index is 1.42. The van der Waals surface area contributed by atoms with Crippen LogP contribution >= 0.6 is 15.9 Å². The summed E-state index contributed by atoms with van der Waals surface area (Å²) in [6.07, 6.45) is 2.21. The van der Waals surface area contributed by atoms with E-state index in [0.717, 1.165) is 34.2 Å². The first-order valence-electron chi connectivity index (χ1n) is 12.0. The fraction of sp³-hybridized carbons (Fsp3) is 0.321. The van der Waals surface area contributed by atoms with Crippen molar-refractivity contribution in [3.63, 3.8) is 0 Å². The van der Waals surface area contributed by atoms with Gasteiger partial charge < -0.3 is 15.0 Å². The van der Waals surface area contributed by atoms with Gasteiger partial charge >= 0.3 is 0 Å². The van der Waals surface area contributed by atoms with E-state index in [2.05, 4.69) is 21.2 Å². The molecular formula is C28H31BrN2O4S. The molecule has 0 aromatic heterocycles. The van der Waals surface area contributed by atoms with Gasteiger partial charge in [0.05, 0.1) is 10.1 Å². The molecule has 1 aliphatic carbocycles. The van der Waals surface area contributed by atoms with Crippen molar-refractivity contribution in [2.24, 2.45) is 0 Å². The molecule has 6 nitrogen and oxygen atoms in total. The maximum Gasteiger partial charge on any atom is 0.224 e. The number of carbonyl (C=O) groups is 1. The van der Waals surface area contributed by atoms with Crippen LogP contribution < -0.4 is 10.1 Å². The highest BCUT2D eigenvalue weighted by molar-refractivity contribution is 9.10. The number of carbonyl (C=O) groups excluding carboxylic acids is 1. The molecule has 1 amide bonds. The predicted octanol–water partition coefficient (Wildman–Crippen LogP) is 5.60. The number of aryl methyl sites for hydroxylation is 1. The molecule has 0 unspecified atom stereocenters. The molecule has 8 heteroatoms. The van der Waals surface area contributed by atoms with Crippen molar-refractivity contribution in [3.8, 4) is 5.75 Å². The average molecular weight is 572 g/mol. The van der Waals surface area contributed by atoms with Crippen LogP contribution in [-0.4, -0.2) is 38.6 Å². The number of amides is 1. The molecule has 1 aliphatic rings. The molecule has 0 radical (unpaired) electrons. The monoisotopic (exact) mass is 570 g/mol. The van der Waals surface area contributed by atoms with Crippen molar-refractivity contribution in [1.82, 2.24) is 4.90 Å². The number of halogens is 1. The number of hydrogen-bond donors (Lipinski definition) is 1. The molecule has 3 aromatic rings. The molecule has 0 spiro atoms. The van der Waals surface area contributed by atoms with E-state index in [9.17, 15) is 13.2 Å². The summed E-state index contributed by atoms with van der Waals surface area (Å²) < 4.78 is 32.7. The lowest BCUT2D eigenvalue weighted by Gasteiger charge is -2.16. The van der Waals surface area contributed by atoms with Gasteiger partial charge in [0.15, 0.2) is 9.84 Å². The third-order valence-corrected chi connectivity index (χ3v) is 8.84. The summed E-state index contributed by atoms with van der Waals surface area (Å²) in [5.41, 5.74) is 3.31. The van der Waals surface area contributed by atoms with Gasteiger partial charge in [-0.1, -0.05) is 46.3 Å².